The van der Waals surface area contributed by atoms with Crippen molar-refractivity contribution in [2.45, 2.75) is 12.0 Å². The maximum atomic E-state index is 12.5. The van der Waals surface area contributed by atoms with E-state index in [1.54, 1.807) is 12.4 Å². The number of amides is 1. The molecule has 1 unspecified atom stereocenters. The highest BCUT2D eigenvalue weighted by Gasteiger charge is 2.47. The van der Waals surface area contributed by atoms with Crippen molar-refractivity contribution in [3.63, 3.8) is 0 Å². The fourth-order valence-electron chi connectivity index (χ4n) is 3.74. The Balaban J connectivity index is 1.59. The molecule has 6 nitrogen and oxygen atoms in total. The van der Waals surface area contributed by atoms with Gasteiger partial charge in [0.05, 0.1) is 24.0 Å². The second kappa shape index (κ2) is 5.87. The van der Waals surface area contributed by atoms with Crippen molar-refractivity contribution in [2.24, 2.45) is 0 Å². The van der Waals surface area contributed by atoms with Crippen molar-refractivity contribution in [3.05, 3.63) is 48.9 Å². The first-order valence-corrected chi connectivity index (χ1v) is 8.26. The Bertz CT molecular complexity index is 723. The number of anilines is 2. The highest BCUT2D eigenvalue weighted by atomic mass is 16.2. The second-order valence-corrected chi connectivity index (χ2v) is 6.63. The number of likely N-dealkylation sites (N-methyl/N-ethyl adjacent to an activating group) is 1. The number of carbonyl (C=O) groups is 1. The summed E-state index contributed by atoms with van der Waals surface area (Å²) in [7, 11) is 2.06. The third-order valence-electron chi connectivity index (χ3n) is 5.20. The number of aromatic nitrogens is 2. The van der Waals surface area contributed by atoms with Crippen molar-refractivity contribution >= 4 is 17.4 Å². The molecule has 0 radical (unpaired) electrons. The maximum Gasteiger partial charge on any atom is 0.241 e. The smallest absolute Gasteiger partial charge is 0.241 e. The normalized spacial score (nSPS) is 24.8. The Morgan fingerprint density at radius 1 is 1.12 bits per heavy atom. The number of piperazine rings is 1. The van der Waals surface area contributed by atoms with E-state index in [1.165, 1.54) is 0 Å². The molecule has 2 aromatic rings. The average molecular weight is 323 g/mol. The Kier molecular flexibility index (Phi) is 3.69. The first-order chi connectivity index (χ1) is 11.7. The number of nitrogens with zero attached hydrogens (tertiary/aromatic N) is 5. The van der Waals surface area contributed by atoms with E-state index in [9.17, 15) is 4.79 Å². The van der Waals surface area contributed by atoms with E-state index < -0.39 is 0 Å². The predicted molar refractivity (Wildman–Crippen MR) is 93.0 cm³/mol. The van der Waals surface area contributed by atoms with Crippen molar-refractivity contribution in [1.82, 2.24) is 14.9 Å². The van der Waals surface area contributed by atoms with Crippen LogP contribution in [0.1, 0.15) is 6.42 Å². The topological polar surface area (TPSA) is 52.6 Å². The molecular weight excluding hydrogens is 302 g/mol. The molecule has 2 aliphatic heterocycles. The second-order valence-electron chi connectivity index (χ2n) is 6.63. The number of rotatable bonds is 2. The van der Waals surface area contributed by atoms with Gasteiger partial charge in [0.1, 0.15) is 5.82 Å². The van der Waals surface area contributed by atoms with Crippen LogP contribution in [0.3, 0.4) is 0 Å². The van der Waals surface area contributed by atoms with Crippen molar-refractivity contribution < 1.29 is 4.79 Å². The van der Waals surface area contributed by atoms with Gasteiger partial charge in [-0.15, -0.1) is 0 Å². The molecule has 24 heavy (non-hydrogen) atoms. The average Bonchev–Trinajstić information content (AvgIpc) is 3.05. The summed E-state index contributed by atoms with van der Waals surface area (Å²) in [6, 6.07) is 9.83. The van der Waals surface area contributed by atoms with Crippen LogP contribution in [0.5, 0.6) is 0 Å². The van der Waals surface area contributed by atoms with E-state index in [2.05, 4.69) is 26.8 Å². The fraction of sp³-hybridized carbons (Fsp3) is 0.389. The van der Waals surface area contributed by atoms with E-state index in [0.29, 0.717) is 13.1 Å². The predicted octanol–water partition coefficient (Wildman–Crippen LogP) is 1.40. The molecule has 2 fully saturated rings. The van der Waals surface area contributed by atoms with Crippen molar-refractivity contribution in [2.75, 3.05) is 43.0 Å². The van der Waals surface area contributed by atoms with E-state index >= 15 is 0 Å². The minimum absolute atomic E-state index is 0.0404. The molecule has 6 heteroatoms. The summed E-state index contributed by atoms with van der Waals surface area (Å²) in [4.78, 5) is 27.6. The van der Waals surface area contributed by atoms with Gasteiger partial charge in [-0.25, -0.2) is 4.98 Å². The van der Waals surface area contributed by atoms with Crippen LogP contribution in [-0.4, -0.2) is 59.5 Å². The van der Waals surface area contributed by atoms with Gasteiger partial charge in [0.2, 0.25) is 5.91 Å². The summed E-state index contributed by atoms with van der Waals surface area (Å²) in [6.07, 6.45) is 6.35. The molecular formula is C18H21N5O. The van der Waals surface area contributed by atoms with Crippen LogP contribution < -0.4 is 9.80 Å². The lowest BCUT2D eigenvalue weighted by Crippen LogP contribution is -2.64. The Hall–Kier alpha value is -2.47. The summed E-state index contributed by atoms with van der Waals surface area (Å²) < 4.78 is 0. The minimum atomic E-state index is -0.0404. The zero-order valence-electron chi connectivity index (χ0n) is 13.8. The molecule has 0 aliphatic carbocycles. The first kappa shape index (κ1) is 15.1. The van der Waals surface area contributed by atoms with Crippen LogP contribution in [-0.2, 0) is 4.79 Å². The highest BCUT2D eigenvalue weighted by molar-refractivity contribution is 5.95. The third kappa shape index (κ3) is 2.53. The summed E-state index contributed by atoms with van der Waals surface area (Å²) in [6.45, 7) is 2.96. The van der Waals surface area contributed by atoms with Crippen LogP contribution in [0.2, 0.25) is 0 Å². The molecule has 0 bridgehead atoms. The van der Waals surface area contributed by atoms with Gasteiger partial charge in [-0.1, -0.05) is 6.07 Å². The number of carbonyl (C=O) groups excluding carboxylic acids is 1. The monoisotopic (exact) mass is 323 g/mol. The summed E-state index contributed by atoms with van der Waals surface area (Å²) in [5, 5.41) is 0. The number of pyridine rings is 2. The van der Waals surface area contributed by atoms with Crippen LogP contribution >= 0.6 is 0 Å². The van der Waals surface area contributed by atoms with Gasteiger partial charge in [0, 0.05) is 32.0 Å². The zero-order valence-corrected chi connectivity index (χ0v) is 13.8. The summed E-state index contributed by atoms with van der Waals surface area (Å²) in [5.74, 6) is 1.14. The molecule has 1 amide bonds. The van der Waals surface area contributed by atoms with Crippen LogP contribution in [0.4, 0.5) is 11.5 Å². The molecule has 0 aromatic carbocycles. The quantitative estimate of drug-likeness (QED) is 0.836. The molecule has 0 N–H and O–H groups in total. The van der Waals surface area contributed by atoms with Gasteiger partial charge >= 0.3 is 0 Å². The van der Waals surface area contributed by atoms with Gasteiger partial charge < -0.3 is 9.80 Å². The molecule has 2 aliphatic rings. The third-order valence-corrected chi connectivity index (χ3v) is 5.20. The number of hydrogen-bond donors (Lipinski definition) is 0. The van der Waals surface area contributed by atoms with Crippen molar-refractivity contribution in [1.29, 1.82) is 0 Å². The van der Waals surface area contributed by atoms with Gasteiger partial charge in [0.25, 0.3) is 0 Å². The SMILES string of the molecule is CN1CC(=O)N(c2cccnc2)CC12CCN(c1ccccn1)C2. The van der Waals surface area contributed by atoms with Crippen molar-refractivity contribution in [3.8, 4) is 0 Å². The van der Waals surface area contributed by atoms with E-state index in [4.69, 9.17) is 0 Å². The van der Waals surface area contributed by atoms with Gasteiger partial charge in [0.15, 0.2) is 0 Å². The van der Waals surface area contributed by atoms with Crippen LogP contribution in [0, 0.1) is 0 Å². The minimum Gasteiger partial charge on any atom is -0.355 e. The molecule has 124 valence electrons. The summed E-state index contributed by atoms with van der Waals surface area (Å²) in [5.41, 5.74) is 0.840. The lowest BCUT2D eigenvalue weighted by atomic mass is 9.92. The molecule has 1 atom stereocenters. The molecule has 4 rings (SSSR count). The maximum absolute atomic E-state index is 12.5. The Morgan fingerprint density at radius 3 is 2.79 bits per heavy atom. The van der Waals surface area contributed by atoms with Gasteiger partial charge in [-0.2, -0.15) is 0 Å². The molecule has 1 spiro atoms. The Labute approximate surface area is 141 Å². The fourth-order valence-corrected chi connectivity index (χ4v) is 3.74. The van der Waals surface area contributed by atoms with Crippen LogP contribution in [0.15, 0.2) is 48.9 Å². The largest absolute Gasteiger partial charge is 0.355 e. The van der Waals surface area contributed by atoms with Gasteiger partial charge in [-0.3, -0.25) is 14.7 Å². The van der Waals surface area contributed by atoms with Crippen LogP contribution in [0.25, 0.3) is 0 Å². The first-order valence-electron chi connectivity index (χ1n) is 8.26. The molecule has 0 saturated carbocycles. The highest BCUT2D eigenvalue weighted by Crippen LogP contribution is 2.34. The number of hydrogen-bond acceptors (Lipinski definition) is 5. The molecule has 2 aromatic heterocycles. The van der Waals surface area contributed by atoms with E-state index in [1.807, 2.05) is 41.4 Å². The zero-order chi connectivity index (χ0) is 16.6. The van der Waals surface area contributed by atoms with E-state index in [-0.39, 0.29) is 11.4 Å². The van der Waals surface area contributed by atoms with E-state index in [0.717, 1.165) is 31.0 Å². The lowest BCUT2D eigenvalue weighted by molar-refractivity contribution is -0.123. The molecule has 2 saturated heterocycles. The summed E-state index contributed by atoms with van der Waals surface area (Å²) >= 11 is 0. The molecule has 4 heterocycles. The standard InChI is InChI=1S/C18H21N5O/c1-21-12-17(24)23(15-5-4-8-19-11-15)14-18(21)7-10-22(13-18)16-6-2-3-9-20-16/h2-6,8-9,11H,7,10,12-14H2,1H3. The Morgan fingerprint density at radius 2 is 2.04 bits per heavy atom. The van der Waals surface area contributed by atoms with Gasteiger partial charge in [-0.05, 0) is 37.7 Å². The lowest BCUT2D eigenvalue weighted by Gasteiger charge is -2.46.